The first-order chi connectivity index (χ1) is 10.8. The largest absolute Gasteiger partial charge is 0.330 e. The highest BCUT2D eigenvalue weighted by atomic mass is 32.1. The summed E-state index contributed by atoms with van der Waals surface area (Å²) >= 11 is 4.89. The Morgan fingerprint density at radius 2 is 2.18 bits per heavy atom. The lowest BCUT2D eigenvalue weighted by molar-refractivity contribution is 0.0731. The molecule has 0 saturated carbocycles. The molecule has 1 aliphatic heterocycles. The van der Waals surface area contributed by atoms with Gasteiger partial charge in [0.05, 0.1) is 10.9 Å². The van der Waals surface area contributed by atoms with Crippen molar-refractivity contribution in [3.05, 3.63) is 51.0 Å². The van der Waals surface area contributed by atoms with Crippen LogP contribution in [0.3, 0.4) is 0 Å². The highest BCUT2D eigenvalue weighted by molar-refractivity contribution is 7.20. The summed E-state index contributed by atoms with van der Waals surface area (Å²) in [5.74, 6) is 0.0627. The fraction of sp³-hybridized carbons (Fsp3) is 0.250. The molecule has 3 nitrogen and oxygen atoms in total. The second-order valence-corrected chi connectivity index (χ2v) is 7.81. The van der Waals surface area contributed by atoms with E-state index in [1.54, 1.807) is 34.0 Å². The van der Waals surface area contributed by atoms with Gasteiger partial charge in [0.2, 0.25) is 0 Å². The van der Waals surface area contributed by atoms with Gasteiger partial charge in [-0.05, 0) is 46.7 Å². The maximum atomic E-state index is 12.8. The van der Waals surface area contributed by atoms with Crippen LogP contribution in [0.1, 0.15) is 34.9 Å². The van der Waals surface area contributed by atoms with Gasteiger partial charge in [0, 0.05) is 11.9 Å². The lowest BCUT2D eigenvalue weighted by Gasteiger charge is -2.23. The minimum Gasteiger partial charge on any atom is -0.330 e. The van der Waals surface area contributed by atoms with Crippen LogP contribution in [-0.2, 0) is 0 Å². The Hall–Kier alpha value is -1.50. The smallest absolute Gasteiger partial charge is 0.273 e. The summed E-state index contributed by atoms with van der Waals surface area (Å²) in [7, 11) is 0. The minimum absolute atomic E-state index is 0.0627. The molecule has 6 heteroatoms. The van der Waals surface area contributed by atoms with Crippen LogP contribution >= 0.6 is 34.0 Å². The van der Waals surface area contributed by atoms with Crippen LogP contribution in [0.5, 0.6) is 0 Å². The van der Waals surface area contributed by atoms with E-state index in [0.717, 1.165) is 29.3 Å². The Bertz CT molecular complexity index is 761. The zero-order valence-electron chi connectivity index (χ0n) is 11.8. The number of carbonyl (C=O) groups is 1. The average molecular weight is 347 g/mol. The molecule has 1 amide bonds. The van der Waals surface area contributed by atoms with E-state index in [1.807, 2.05) is 27.8 Å². The van der Waals surface area contributed by atoms with Gasteiger partial charge in [-0.25, -0.2) is 4.98 Å². The molecule has 4 heterocycles. The van der Waals surface area contributed by atoms with Crippen molar-refractivity contribution in [3.63, 3.8) is 0 Å². The number of aromatic nitrogens is 1. The van der Waals surface area contributed by atoms with Crippen LogP contribution in [0.25, 0.3) is 9.88 Å². The van der Waals surface area contributed by atoms with Crippen LogP contribution < -0.4 is 0 Å². The van der Waals surface area contributed by atoms with E-state index < -0.39 is 0 Å². The third-order valence-corrected chi connectivity index (χ3v) is 6.48. The quantitative estimate of drug-likeness (QED) is 0.675. The first-order valence-electron chi connectivity index (χ1n) is 7.15. The zero-order valence-corrected chi connectivity index (χ0v) is 14.2. The van der Waals surface area contributed by atoms with E-state index in [2.05, 4.69) is 21.8 Å². The second kappa shape index (κ2) is 5.95. The number of amides is 1. The average Bonchev–Trinajstić information content (AvgIpc) is 3.35. The monoisotopic (exact) mass is 346 g/mol. The Balaban J connectivity index is 1.59. The number of rotatable bonds is 3. The number of hydrogen-bond donors (Lipinski definition) is 0. The van der Waals surface area contributed by atoms with Crippen LogP contribution in [0, 0.1) is 0 Å². The molecular weight excluding hydrogens is 332 g/mol. The van der Waals surface area contributed by atoms with Crippen molar-refractivity contribution in [2.75, 3.05) is 6.54 Å². The van der Waals surface area contributed by atoms with Crippen molar-refractivity contribution >= 4 is 39.9 Å². The second-order valence-electron chi connectivity index (χ2n) is 5.23. The third kappa shape index (κ3) is 2.51. The van der Waals surface area contributed by atoms with Gasteiger partial charge in [-0.1, -0.05) is 6.07 Å². The van der Waals surface area contributed by atoms with Crippen molar-refractivity contribution in [2.45, 2.75) is 18.9 Å². The summed E-state index contributed by atoms with van der Waals surface area (Å²) in [6.45, 7) is 0.825. The highest BCUT2D eigenvalue weighted by Gasteiger charge is 2.31. The van der Waals surface area contributed by atoms with Gasteiger partial charge >= 0.3 is 0 Å². The van der Waals surface area contributed by atoms with Gasteiger partial charge in [-0.15, -0.1) is 22.7 Å². The van der Waals surface area contributed by atoms with Crippen molar-refractivity contribution in [1.82, 2.24) is 9.88 Å². The van der Waals surface area contributed by atoms with Crippen LogP contribution in [0.4, 0.5) is 0 Å². The van der Waals surface area contributed by atoms with Crippen LogP contribution in [-0.4, -0.2) is 22.3 Å². The molecule has 1 atom stereocenters. The van der Waals surface area contributed by atoms with Gasteiger partial charge < -0.3 is 4.90 Å². The van der Waals surface area contributed by atoms with Crippen molar-refractivity contribution in [3.8, 4) is 9.88 Å². The molecule has 3 aromatic heterocycles. The third-order valence-electron chi connectivity index (χ3n) is 3.90. The van der Waals surface area contributed by atoms with Gasteiger partial charge in [0.15, 0.2) is 0 Å². The Morgan fingerprint density at radius 1 is 1.23 bits per heavy atom. The van der Waals surface area contributed by atoms with Gasteiger partial charge in [0.1, 0.15) is 10.7 Å². The summed E-state index contributed by atoms with van der Waals surface area (Å²) < 4.78 is 0. The first-order valence-corrected chi connectivity index (χ1v) is 9.85. The molecule has 1 saturated heterocycles. The molecule has 0 aliphatic carbocycles. The van der Waals surface area contributed by atoms with Crippen molar-refractivity contribution in [1.29, 1.82) is 0 Å². The van der Waals surface area contributed by atoms with E-state index in [0.29, 0.717) is 5.69 Å². The number of thiophene rings is 2. The minimum atomic E-state index is 0.0627. The predicted molar refractivity (Wildman–Crippen MR) is 92.8 cm³/mol. The topological polar surface area (TPSA) is 33.2 Å². The number of likely N-dealkylation sites (tertiary alicyclic amines) is 1. The van der Waals surface area contributed by atoms with E-state index in [4.69, 9.17) is 0 Å². The van der Waals surface area contributed by atoms with E-state index in [-0.39, 0.29) is 11.9 Å². The molecule has 3 aromatic rings. The van der Waals surface area contributed by atoms with Crippen molar-refractivity contribution < 1.29 is 4.79 Å². The standard InChI is InChI=1S/C16H14N2OS3/c19-16(12-10-22-15(17-12)14-4-2-7-21-14)18-6-1-3-13(18)11-5-8-20-9-11/h2,4-5,7-10,13H,1,3,6H2. The Kier molecular flexibility index (Phi) is 3.82. The summed E-state index contributed by atoms with van der Waals surface area (Å²) in [5, 5.41) is 9.08. The zero-order chi connectivity index (χ0) is 14.9. The van der Waals surface area contributed by atoms with Crippen molar-refractivity contribution in [2.24, 2.45) is 0 Å². The normalized spacial score (nSPS) is 18.0. The fourth-order valence-electron chi connectivity index (χ4n) is 2.85. The molecule has 0 spiro atoms. The molecule has 0 bridgehead atoms. The summed E-state index contributed by atoms with van der Waals surface area (Å²) in [5.41, 5.74) is 1.83. The van der Waals surface area contributed by atoms with E-state index >= 15 is 0 Å². The predicted octanol–water partition coefficient (Wildman–Crippen LogP) is 4.91. The van der Waals surface area contributed by atoms with E-state index in [1.165, 1.54) is 5.56 Å². The Morgan fingerprint density at radius 3 is 2.95 bits per heavy atom. The Labute approximate surface area is 140 Å². The summed E-state index contributed by atoms with van der Waals surface area (Å²) in [6.07, 6.45) is 2.11. The molecule has 4 rings (SSSR count). The molecule has 112 valence electrons. The van der Waals surface area contributed by atoms with Gasteiger partial charge in [-0.3, -0.25) is 4.79 Å². The lowest BCUT2D eigenvalue weighted by Crippen LogP contribution is -2.30. The molecular formula is C16H14N2OS3. The number of hydrogen-bond acceptors (Lipinski definition) is 5. The maximum Gasteiger partial charge on any atom is 0.273 e. The van der Waals surface area contributed by atoms with E-state index in [9.17, 15) is 4.79 Å². The summed E-state index contributed by atoms with van der Waals surface area (Å²) in [4.78, 5) is 20.5. The molecule has 0 aromatic carbocycles. The fourth-order valence-corrected chi connectivity index (χ4v) is 5.17. The van der Waals surface area contributed by atoms with Crippen LogP contribution in [0.2, 0.25) is 0 Å². The molecule has 0 N–H and O–H groups in total. The highest BCUT2D eigenvalue weighted by Crippen LogP contribution is 2.35. The van der Waals surface area contributed by atoms with Gasteiger partial charge in [-0.2, -0.15) is 11.3 Å². The number of nitrogens with zero attached hydrogens (tertiary/aromatic N) is 2. The lowest BCUT2D eigenvalue weighted by atomic mass is 10.1. The first kappa shape index (κ1) is 14.1. The SMILES string of the molecule is O=C(c1csc(-c2cccs2)n1)N1CCCC1c1ccsc1. The van der Waals surface area contributed by atoms with Gasteiger partial charge in [0.25, 0.3) is 5.91 Å². The summed E-state index contributed by atoms with van der Waals surface area (Å²) in [6, 6.07) is 6.39. The maximum absolute atomic E-state index is 12.8. The molecule has 1 unspecified atom stereocenters. The number of thiazole rings is 1. The number of carbonyl (C=O) groups excluding carboxylic acids is 1. The molecule has 1 fully saturated rings. The molecule has 22 heavy (non-hydrogen) atoms. The molecule has 0 radical (unpaired) electrons. The molecule has 1 aliphatic rings. The van der Waals surface area contributed by atoms with Crippen LogP contribution in [0.15, 0.2) is 39.7 Å².